The molecule has 2 fully saturated rings. The second kappa shape index (κ2) is 9.09. The Bertz CT molecular complexity index is 614. The highest BCUT2D eigenvalue weighted by Gasteiger charge is 2.40. The van der Waals surface area contributed by atoms with Crippen LogP contribution in [0.5, 0.6) is 0 Å². The van der Waals surface area contributed by atoms with Crippen LogP contribution in [0.25, 0.3) is 0 Å². The van der Waals surface area contributed by atoms with Crippen LogP contribution >= 0.6 is 11.6 Å². The topological polar surface area (TPSA) is 30.9 Å². The molecule has 1 N–H and O–H groups in total. The number of benzene rings is 1. The fourth-order valence-electron chi connectivity index (χ4n) is 4.03. The van der Waals surface area contributed by atoms with Crippen LogP contribution in [-0.2, 0) is 0 Å². The smallest absolute Gasteiger partial charge is 0.194 e. The Balaban J connectivity index is 1.55. The predicted octanol–water partition coefficient (Wildman–Crippen LogP) is 3.83. The highest BCUT2D eigenvalue weighted by atomic mass is 35.5. The quantitative estimate of drug-likeness (QED) is 0.579. The Morgan fingerprint density at radius 3 is 2.81 bits per heavy atom. The van der Waals surface area contributed by atoms with Gasteiger partial charge in [0.25, 0.3) is 0 Å². The van der Waals surface area contributed by atoms with Crippen molar-refractivity contribution in [2.75, 3.05) is 39.3 Å². The van der Waals surface area contributed by atoms with Gasteiger partial charge in [0.05, 0.1) is 0 Å². The zero-order chi connectivity index (χ0) is 18.5. The third-order valence-electron chi connectivity index (χ3n) is 5.69. The lowest BCUT2D eigenvalue weighted by Crippen LogP contribution is -2.42. The molecular weight excluding hydrogens is 344 g/mol. The molecule has 3 atom stereocenters. The van der Waals surface area contributed by atoms with E-state index in [2.05, 4.69) is 48.0 Å². The van der Waals surface area contributed by atoms with Crippen LogP contribution in [0.15, 0.2) is 29.3 Å². The van der Waals surface area contributed by atoms with E-state index in [-0.39, 0.29) is 0 Å². The lowest BCUT2D eigenvalue weighted by atomic mass is 10.1. The summed E-state index contributed by atoms with van der Waals surface area (Å²) < 4.78 is 0. The summed E-state index contributed by atoms with van der Waals surface area (Å²) >= 11 is 6.15. The number of aliphatic imine (C=N–C) groups is 1. The lowest BCUT2D eigenvalue weighted by Gasteiger charge is -2.24. The normalized spacial score (nSPS) is 25.8. The third-order valence-corrected chi connectivity index (χ3v) is 5.92. The summed E-state index contributed by atoms with van der Waals surface area (Å²) in [5.74, 6) is 2.41. The van der Waals surface area contributed by atoms with Gasteiger partial charge in [-0.25, -0.2) is 0 Å². The largest absolute Gasteiger partial charge is 0.353 e. The van der Waals surface area contributed by atoms with Crippen LogP contribution in [-0.4, -0.2) is 61.1 Å². The van der Waals surface area contributed by atoms with Crippen molar-refractivity contribution in [3.05, 3.63) is 34.9 Å². The maximum absolute atomic E-state index is 6.15. The van der Waals surface area contributed by atoms with Crippen LogP contribution in [0.2, 0.25) is 5.02 Å². The monoisotopic (exact) mass is 376 g/mol. The van der Waals surface area contributed by atoms with Gasteiger partial charge in [0.2, 0.25) is 0 Å². The minimum absolute atomic E-state index is 0.487. The first kappa shape index (κ1) is 19.5. The molecule has 3 unspecified atom stereocenters. The van der Waals surface area contributed by atoms with Crippen LogP contribution in [0, 0.1) is 5.92 Å². The summed E-state index contributed by atoms with van der Waals surface area (Å²) in [6.45, 7) is 13.2. The van der Waals surface area contributed by atoms with Gasteiger partial charge in [-0.05, 0) is 56.5 Å². The van der Waals surface area contributed by atoms with E-state index in [0.717, 1.165) is 49.6 Å². The second-order valence-electron chi connectivity index (χ2n) is 7.53. The van der Waals surface area contributed by atoms with Gasteiger partial charge in [0.1, 0.15) is 0 Å². The Hall–Kier alpha value is -1.26. The molecule has 144 valence electrons. The first-order valence-electron chi connectivity index (χ1n) is 10.2. The molecule has 5 heteroatoms. The Morgan fingerprint density at radius 2 is 2.12 bits per heavy atom. The number of halogens is 1. The van der Waals surface area contributed by atoms with Crippen molar-refractivity contribution >= 4 is 17.6 Å². The van der Waals surface area contributed by atoms with Crippen LogP contribution < -0.4 is 5.32 Å². The number of hydrogen-bond donors (Lipinski definition) is 1. The van der Waals surface area contributed by atoms with Crippen molar-refractivity contribution in [1.29, 1.82) is 0 Å². The molecule has 1 saturated heterocycles. The number of guanidine groups is 1. The Kier molecular flexibility index (Phi) is 6.82. The highest BCUT2D eigenvalue weighted by molar-refractivity contribution is 6.30. The van der Waals surface area contributed by atoms with Gasteiger partial charge < -0.3 is 15.1 Å². The number of likely N-dealkylation sites (tertiary alicyclic amines) is 1. The van der Waals surface area contributed by atoms with E-state index in [9.17, 15) is 0 Å². The van der Waals surface area contributed by atoms with E-state index in [1.54, 1.807) is 0 Å². The van der Waals surface area contributed by atoms with Crippen molar-refractivity contribution in [1.82, 2.24) is 15.1 Å². The molecule has 0 bridgehead atoms. The molecule has 1 heterocycles. The molecule has 1 saturated carbocycles. The SMILES string of the molecule is CCN=C(NC1CC1c1cccc(Cl)c1)N1CCC(CN(CC)CC)C1. The molecule has 0 aromatic heterocycles. The fraction of sp³-hybridized carbons (Fsp3) is 0.667. The molecule has 4 nitrogen and oxygen atoms in total. The molecular formula is C21H33ClN4. The van der Waals surface area contributed by atoms with Crippen molar-refractivity contribution in [3.63, 3.8) is 0 Å². The maximum atomic E-state index is 6.15. The molecule has 0 spiro atoms. The molecule has 1 aromatic carbocycles. The Labute approximate surface area is 163 Å². The van der Waals surface area contributed by atoms with Crippen LogP contribution in [0.1, 0.15) is 45.1 Å². The number of rotatable bonds is 7. The Morgan fingerprint density at radius 1 is 1.31 bits per heavy atom. The van der Waals surface area contributed by atoms with Crippen molar-refractivity contribution in [2.45, 2.75) is 45.6 Å². The summed E-state index contributed by atoms with van der Waals surface area (Å²) in [6, 6.07) is 8.76. The summed E-state index contributed by atoms with van der Waals surface area (Å²) in [5.41, 5.74) is 1.34. The van der Waals surface area contributed by atoms with Gasteiger partial charge >= 0.3 is 0 Å². The summed E-state index contributed by atoms with van der Waals surface area (Å²) in [6.07, 6.45) is 2.43. The van der Waals surface area contributed by atoms with Gasteiger partial charge in [0, 0.05) is 43.2 Å². The third kappa shape index (κ3) is 4.92. The van der Waals surface area contributed by atoms with Crippen molar-refractivity contribution < 1.29 is 0 Å². The minimum atomic E-state index is 0.487. The number of hydrogen-bond acceptors (Lipinski definition) is 2. The van der Waals surface area contributed by atoms with Gasteiger partial charge in [-0.15, -0.1) is 0 Å². The van der Waals surface area contributed by atoms with E-state index in [1.807, 2.05) is 12.1 Å². The molecule has 0 amide bonds. The first-order valence-corrected chi connectivity index (χ1v) is 10.6. The second-order valence-corrected chi connectivity index (χ2v) is 7.97. The van der Waals surface area contributed by atoms with Crippen molar-refractivity contribution in [2.24, 2.45) is 10.9 Å². The average Bonchev–Trinajstić information content (AvgIpc) is 3.26. The first-order chi connectivity index (χ1) is 12.6. The number of nitrogens with zero attached hydrogens (tertiary/aromatic N) is 3. The molecule has 3 rings (SSSR count). The fourth-order valence-corrected chi connectivity index (χ4v) is 4.23. The maximum Gasteiger partial charge on any atom is 0.194 e. The number of nitrogens with one attached hydrogen (secondary N) is 1. The molecule has 2 aliphatic rings. The van der Waals surface area contributed by atoms with Gasteiger partial charge in [0.15, 0.2) is 5.96 Å². The zero-order valence-electron chi connectivity index (χ0n) is 16.4. The zero-order valence-corrected chi connectivity index (χ0v) is 17.2. The van der Waals surface area contributed by atoms with E-state index in [1.165, 1.54) is 24.9 Å². The summed E-state index contributed by atoms with van der Waals surface area (Å²) in [4.78, 5) is 9.78. The summed E-state index contributed by atoms with van der Waals surface area (Å²) in [7, 11) is 0. The van der Waals surface area contributed by atoms with E-state index in [4.69, 9.17) is 16.6 Å². The molecule has 26 heavy (non-hydrogen) atoms. The lowest BCUT2D eigenvalue weighted by molar-refractivity contribution is 0.255. The van der Waals surface area contributed by atoms with Crippen molar-refractivity contribution in [3.8, 4) is 0 Å². The van der Waals surface area contributed by atoms with Gasteiger partial charge in [-0.2, -0.15) is 0 Å². The summed E-state index contributed by atoms with van der Waals surface area (Å²) in [5, 5.41) is 4.55. The van der Waals surface area contributed by atoms with Gasteiger partial charge in [-0.1, -0.05) is 37.6 Å². The molecule has 1 aliphatic heterocycles. The van der Waals surface area contributed by atoms with E-state index >= 15 is 0 Å². The molecule has 1 aliphatic carbocycles. The highest BCUT2D eigenvalue weighted by Crippen LogP contribution is 2.41. The van der Waals surface area contributed by atoms with Crippen LogP contribution in [0.4, 0.5) is 0 Å². The molecule has 0 radical (unpaired) electrons. The van der Waals surface area contributed by atoms with E-state index in [0.29, 0.717) is 12.0 Å². The molecule has 1 aromatic rings. The van der Waals surface area contributed by atoms with Gasteiger partial charge in [-0.3, -0.25) is 4.99 Å². The average molecular weight is 377 g/mol. The van der Waals surface area contributed by atoms with Crippen LogP contribution in [0.3, 0.4) is 0 Å². The minimum Gasteiger partial charge on any atom is -0.353 e. The van der Waals surface area contributed by atoms with E-state index < -0.39 is 0 Å². The predicted molar refractivity (Wildman–Crippen MR) is 111 cm³/mol. The standard InChI is InChI=1S/C21H33ClN4/c1-4-23-21(26-11-10-16(15-26)14-25(5-2)6-3)24-20-13-19(20)17-8-7-9-18(22)12-17/h7-9,12,16,19-20H,4-6,10-11,13-15H2,1-3H3,(H,23,24).